The average Bonchev–Trinajstić information content (AvgIpc) is 3.04. The van der Waals surface area contributed by atoms with E-state index in [0.29, 0.717) is 11.1 Å². The third-order valence-electron chi connectivity index (χ3n) is 6.77. The van der Waals surface area contributed by atoms with Crippen LogP contribution in [0.4, 0.5) is 0 Å². The Morgan fingerprint density at radius 1 is 1.06 bits per heavy atom. The quantitative estimate of drug-likeness (QED) is 0.362. The summed E-state index contributed by atoms with van der Waals surface area (Å²) in [6.45, 7) is 0.0627. The van der Waals surface area contributed by atoms with Crippen LogP contribution in [0.1, 0.15) is 23.9 Å². The Morgan fingerprint density at radius 3 is 2.41 bits per heavy atom. The number of hydrogen-bond donors (Lipinski definition) is 1. The molecule has 5 rings (SSSR count). The van der Waals surface area contributed by atoms with E-state index in [2.05, 4.69) is 0 Å². The molecule has 0 unspecified atom stereocenters. The molecule has 168 valence electrons. The first-order valence-electron chi connectivity index (χ1n) is 9.72. The lowest BCUT2D eigenvalue weighted by molar-refractivity contribution is -0.137. The van der Waals surface area contributed by atoms with Gasteiger partial charge in [-0.05, 0) is 23.3 Å². The number of likely N-dealkylation sites (tertiary alicyclic amines) is 1. The number of alkyl halides is 2. The van der Waals surface area contributed by atoms with Crippen molar-refractivity contribution in [3.63, 3.8) is 0 Å². The standard InChI is InChI=1S/C20H17Cl3N4O5/c1-24-15(29)19(22)8-13-11(5-6-26-17(31)25(2)18(32)27(13)26)14(20(19,23)16(24)30)10-4-3-9(28)7-12(10)21/h3-5,7,13-14,28H,6,8H2,1-2H3/t13-,14+,19-,20+/m1/s1. The predicted molar refractivity (Wildman–Crippen MR) is 116 cm³/mol. The van der Waals surface area contributed by atoms with E-state index in [1.807, 2.05) is 0 Å². The zero-order chi connectivity index (χ0) is 23.3. The molecular weight excluding hydrogens is 483 g/mol. The SMILES string of the molecule is CN1C(=O)[C@]2(Cl)C[C@@H]3C(=CCn4c(=O)n(C)c(=O)n43)[C@H](c3ccc(O)cc3Cl)[C@]2(Cl)C1=O. The molecule has 12 heteroatoms. The summed E-state index contributed by atoms with van der Waals surface area (Å²) in [5.41, 5.74) is -0.167. The zero-order valence-corrected chi connectivity index (χ0v) is 19.1. The fraction of sp³-hybridized carbons (Fsp3) is 0.400. The number of amides is 2. The van der Waals surface area contributed by atoms with Gasteiger partial charge >= 0.3 is 11.4 Å². The average molecular weight is 500 g/mol. The number of allylic oxidation sites excluding steroid dienone is 2. The summed E-state index contributed by atoms with van der Waals surface area (Å²) < 4.78 is 3.49. The molecule has 1 aliphatic carbocycles. The summed E-state index contributed by atoms with van der Waals surface area (Å²) in [5.74, 6) is -2.47. The largest absolute Gasteiger partial charge is 0.508 e. The minimum Gasteiger partial charge on any atom is -0.508 e. The highest BCUT2D eigenvalue weighted by molar-refractivity contribution is 6.53. The minimum absolute atomic E-state index is 0.0627. The van der Waals surface area contributed by atoms with Gasteiger partial charge in [-0.25, -0.2) is 23.5 Å². The zero-order valence-electron chi connectivity index (χ0n) is 16.9. The molecule has 4 atom stereocenters. The third-order valence-corrected chi connectivity index (χ3v) is 8.51. The molecule has 2 amide bonds. The number of fused-ring (bicyclic) bond motifs is 4. The molecule has 1 saturated heterocycles. The molecule has 2 aliphatic heterocycles. The Kier molecular flexibility index (Phi) is 4.35. The van der Waals surface area contributed by atoms with Crippen LogP contribution >= 0.6 is 34.8 Å². The molecule has 1 aromatic heterocycles. The third kappa shape index (κ3) is 2.31. The van der Waals surface area contributed by atoms with Crippen molar-refractivity contribution in [2.24, 2.45) is 7.05 Å². The number of nitrogens with zero attached hydrogens (tertiary/aromatic N) is 4. The molecule has 0 spiro atoms. The van der Waals surface area contributed by atoms with Crippen LogP contribution < -0.4 is 11.4 Å². The monoisotopic (exact) mass is 498 g/mol. The van der Waals surface area contributed by atoms with Gasteiger partial charge in [-0.15, -0.1) is 23.2 Å². The molecular formula is C20H17Cl3N4O5. The molecule has 2 aromatic rings. The molecule has 1 aromatic carbocycles. The highest BCUT2D eigenvalue weighted by atomic mass is 35.5. The fourth-order valence-electron chi connectivity index (χ4n) is 5.21. The molecule has 32 heavy (non-hydrogen) atoms. The smallest absolute Gasteiger partial charge is 0.347 e. The maximum absolute atomic E-state index is 13.3. The van der Waals surface area contributed by atoms with E-state index < -0.39 is 44.9 Å². The van der Waals surface area contributed by atoms with E-state index in [0.717, 1.165) is 9.47 Å². The van der Waals surface area contributed by atoms with Gasteiger partial charge in [0.15, 0.2) is 9.75 Å². The van der Waals surface area contributed by atoms with E-state index in [9.17, 15) is 24.3 Å². The van der Waals surface area contributed by atoms with Gasteiger partial charge in [0.2, 0.25) is 0 Å². The van der Waals surface area contributed by atoms with Gasteiger partial charge in [0.25, 0.3) is 11.8 Å². The van der Waals surface area contributed by atoms with Crippen molar-refractivity contribution in [3.05, 3.63) is 61.4 Å². The summed E-state index contributed by atoms with van der Waals surface area (Å²) in [4.78, 5) is 49.0. The number of benzene rings is 1. The van der Waals surface area contributed by atoms with Crippen LogP contribution in [0.2, 0.25) is 5.02 Å². The van der Waals surface area contributed by atoms with E-state index >= 15 is 0 Å². The van der Waals surface area contributed by atoms with Gasteiger partial charge in [-0.1, -0.05) is 23.7 Å². The van der Waals surface area contributed by atoms with Gasteiger partial charge in [-0.3, -0.25) is 14.5 Å². The van der Waals surface area contributed by atoms with Crippen molar-refractivity contribution in [2.45, 2.75) is 34.7 Å². The van der Waals surface area contributed by atoms with Crippen LogP contribution in [0.15, 0.2) is 39.4 Å². The van der Waals surface area contributed by atoms with Crippen LogP contribution in [0.3, 0.4) is 0 Å². The Hall–Kier alpha value is -2.49. The normalized spacial score (nSPS) is 31.3. The first-order valence-corrected chi connectivity index (χ1v) is 10.9. The molecule has 3 heterocycles. The molecule has 1 N–H and O–H groups in total. The van der Waals surface area contributed by atoms with E-state index in [1.165, 1.54) is 41.7 Å². The lowest BCUT2D eigenvalue weighted by atomic mass is 9.64. The number of phenolic OH excluding ortho intramolecular Hbond substituents is 1. The van der Waals surface area contributed by atoms with Gasteiger partial charge < -0.3 is 5.11 Å². The topological polar surface area (TPSA) is 107 Å². The number of halogens is 3. The lowest BCUT2D eigenvalue weighted by Gasteiger charge is -2.49. The first-order chi connectivity index (χ1) is 14.9. The van der Waals surface area contributed by atoms with Crippen LogP contribution in [0.25, 0.3) is 0 Å². The molecule has 2 fully saturated rings. The van der Waals surface area contributed by atoms with Crippen molar-refractivity contribution < 1.29 is 14.7 Å². The molecule has 3 aliphatic rings. The van der Waals surface area contributed by atoms with E-state index in [1.54, 1.807) is 6.08 Å². The maximum atomic E-state index is 13.3. The van der Waals surface area contributed by atoms with Gasteiger partial charge in [0, 0.05) is 31.5 Å². The molecule has 0 bridgehead atoms. The fourth-order valence-corrected chi connectivity index (χ4v) is 6.49. The second-order valence-corrected chi connectivity index (χ2v) is 9.94. The minimum atomic E-state index is -1.93. The lowest BCUT2D eigenvalue weighted by Crippen LogP contribution is -2.59. The van der Waals surface area contributed by atoms with Crippen molar-refractivity contribution >= 4 is 46.6 Å². The van der Waals surface area contributed by atoms with E-state index in [4.69, 9.17) is 34.8 Å². The number of aromatic nitrogens is 3. The Morgan fingerprint density at radius 2 is 1.75 bits per heavy atom. The van der Waals surface area contributed by atoms with Crippen LogP contribution in [-0.2, 0) is 23.2 Å². The Labute approximate surface area is 196 Å². The second-order valence-electron chi connectivity index (χ2n) is 8.30. The van der Waals surface area contributed by atoms with E-state index in [-0.39, 0.29) is 23.7 Å². The Balaban J connectivity index is 1.84. The van der Waals surface area contributed by atoms with Gasteiger partial charge in [0.1, 0.15) is 5.75 Å². The van der Waals surface area contributed by atoms with Gasteiger partial charge in [-0.2, -0.15) is 0 Å². The second kappa shape index (κ2) is 6.52. The number of aromatic hydroxyl groups is 1. The number of carbonyl (C=O) groups excluding carboxylic acids is 2. The molecule has 9 nitrogen and oxygen atoms in total. The summed E-state index contributed by atoms with van der Waals surface area (Å²) >= 11 is 20.4. The van der Waals surface area contributed by atoms with Crippen molar-refractivity contribution in [3.8, 4) is 5.75 Å². The highest BCUT2D eigenvalue weighted by Crippen LogP contribution is 2.63. The first kappa shape index (κ1) is 21.4. The van der Waals surface area contributed by atoms with Crippen LogP contribution in [0, 0.1) is 0 Å². The van der Waals surface area contributed by atoms with Crippen molar-refractivity contribution in [1.29, 1.82) is 0 Å². The number of rotatable bonds is 1. The summed E-state index contributed by atoms with van der Waals surface area (Å²) in [6, 6.07) is 3.39. The number of imide groups is 1. The van der Waals surface area contributed by atoms with Crippen molar-refractivity contribution in [1.82, 2.24) is 18.8 Å². The molecule has 1 saturated carbocycles. The Bertz CT molecular complexity index is 1370. The number of hydrogen-bond acceptors (Lipinski definition) is 5. The predicted octanol–water partition coefficient (Wildman–Crippen LogP) is 1.33. The molecule has 0 radical (unpaired) electrons. The number of carbonyl (C=O) groups is 2. The van der Waals surface area contributed by atoms with Gasteiger partial charge in [0.05, 0.1) is 12.6 Å². The summed E-state index contributed by atoms with van der Waals surface area (Å²) in [5, 5.41) is 9.95. The maximum Gasteiger partial charge on any atom is 0.347 e. The summed E-state index contributed by atoms with van der Waals surface area (Å²) in [7, 11) is 2.66. The highest BCUT2D eigenvalue weighted by Gasteiger charge is 2.75. The van der Waals surface area contributed by atoms with Crippen molar-refractivity contribution in [2.75, 3.05) is 7.05 Å². The van der Waals surface area contributed by atoms with Crippen LogP contribution in [0.5, 0.6) is 5.75 Å². The van der Waals surface area contributed by atoms with Crippen LogP contribution in [-0.4, -0.2) is 52.5 Å². The summed E-state index contributed by atoms with van der Waals surface area (Å²) in [6.07, 6.45) is 1.55. The number of phenols is 1.